The van der Waals surface area contributed by atoms with Gasteiger partial charge in [-0.2, -0.15) is 0 Å². The molecule has 0 aromatic carbocycles. The van der Waals surface area contributed by atoms with E-state index in [1.54, 1.807) is 12.4 Å². The van der Waals surface area contributed by atoms with Gasteiger partial charge in [0.1, 0.15) is 6.04 Å². The minimum atomic E-state index is -0.0996. The summed E-state index contributed by atoms with van der Waals surface area (Å²) in [4.78, 5) is 15.9. The van der Waals surface area contributed by atoms with Crippen LogP contribution in [-0.4, -0.2) is 23.0 Å². The highest BCUT2D eigenvalue weighted by molar-refractivity contribution is 5.82. The Morgan fingerprint density at radius 2 is 2.11 bits per heavy atom. The zero-order chi connectivity index (χ0) is 12.4. The molecule has 2 aliphatic rings. The quantitative estimate of drug-likeness (QED) is 0.717. The maximum absolute atomic E-state index is 12.0. The lowest BCUT2D eigenvalue weighted by molar-refractivity contribution is -0.123. The molecule has 1 aliphatic heterocycles. The Hall–Kier alpha value is -1.46. The summed E-state index contributed by atoms with van der Waals surface area (Å²) in [7, 11) is 0. The summed E-state index contributed by atoms with van der Waals surface area (Å²) in [6, 6.07) is 4.19. The van der Waals surface area contributed by atoms with Gasteiger partial charge in [0.15, 0.2) is 0 Å². The standard InChI is InChI=1S/C13H18N4O/c18-13(15-8-9-3-5-14-6-4-9)12-7-11(16-17-12)10-1-2-10/h3-6,10-12,16-17H,1-2,7-8H2,(H,15,18). The molecule has 1 saturated heterocycles. The third kappa shape index (κ3) is 2.68. The van der Waals surface area contributed by atoms with Gasteiger partial charge in [-0.1, -0.05) is 0 Å². The third-order valence-corrected chi connectivity index (χ3v) is 3.66. The van der Waals surface area contributed by atoms with Crippen molar-refractivity contribution in [1.29, 1.82) is 0 Å². The second kappa shape index (κ2) is 5.04. The van der Waals surface area contributed by atoms with Crippen LogP contribution < -0.4 is 16.2 Å². The molecular formula is C13H18N4O. The minimum Gasteiger partial charge on any atom is -0.351 e. The summed E-state index contributed by atoms with van der Waals surface area (Å²) in [5.74, 6) is 0.845. The van der Waals surface area contributed by atoms with Crippen molar-refractivity contribution in [2.24, 2.45) is 5.92 Å². The third-order valence-electron chi connectivity index (χ3n) is 3.66. The first kappa shape index (κ1) is 11.6. The Kier molecular flexibility index (Phi) is 3.25. The molecule has 2 atom stereocenters. The van der Waals surface area contributed by atoms with Crippen molar-refractivity contribution in [3.8, 4) is 0 Å². The summed E-state index contributed by atoms with van der Waals surface area (Å²) in [6.45, 7) is 0.563. The zero-order valence-corrected chi connectivity index (χ0v) is 10.2. The fourth-order valence-electron chi connectivity index (χ4n) is 2.37. The van der Waals surface area contributed by atoms with Crippen molar-refractivity contribution in [3.05, 3.63) is 30.1 Å². The normalized spacial score (nSPS) is 27.1. The Bertz CT molecular complexity index is 418. The number of amides is 1. The van der Waals surface area contributed by atoms with Crippen molar-refractivity contribution in [1.82, 2.24) is 21.2 Å². The lowest BCUT2D eigenvalue weighted by atomic mass is 10.1. The van der Waals surface area contributed by atoms with Gasteiger partial charge in [-0.15, -0.1) is 0 Å². The van der Waals surface area contributed by atoms with Gasteiger partial charge in [-0.05, 0) is 42.9 Å². The number of carbonyl (C=O) groups excluding carboxylic acids is 1. The first-order valence-corrected chi connectivity index (χ1v) is 6.50. The van der Waals surface area contributed by atoms with Gasteiger partial charge in [0.25, 0.3) is 0 Å². The largest absolute Gasteiger partial charge is 0.351 e. The molecule has 96 valence electrons. The average molecular weight is 246 g/mol. The number of nitrogens with zero attached hydrogens (tertiary/aromatic N) is 1. The number of pyridine rings is 1. The number of aromatic nitrogens is 1. The zero-order valence-electron chi connectivity index (χ0n) is 10.2. The molecule has 3 N–H and O–H groups in total. The Morgan fingerprint density at radius 3 is 2.83 bits per heavy atom. The smallest absolute Gasteiger partial charge is 0.238 e. The number of carbonyl (C=O) groups is 1. The number of hydrazine groups is 1. The van der Waals surface area contributed by atoms with Crippen LogP contribution in [0.3, 0.4) is 0 Å². The van der Waals surface area contributed by atoms with Gasteiger partial charge in [0.05, 0.1) is 0 Å². The highest BCUT2D eigenvalue weighted by atomic mass is 16.2. The molecule has 3 rings (SSSR count). The van der Waals surface area contributed by atoms with Gasteiger partial charge >= 0.3 is 0 Å². The topological polar surface area (TPSA) is 66.0 Å². The van der Waals surface area contributed by atoms with E-state index in [2.05, 4.69) is 21.2 Å². The first-order valence-electron chi connectivity index (χ1n) is 6.50. The maximum Gasteiger partial charge on any atom is 0.238 e. The molecule has 1 amide bonds. The second-order valence-electron chi connectivity index (χ2n) is 5.09. The van der Waals surface area contributed by atoms with E-state index in [1.165, 1.54) is 12.8 Å². The first-order chi connectivity index (χ1) is 8.83. The molecule has 2 unspecified atom stereocenters. The predicted octanol–water partition coefficient (Wildman–Crippen LogP) is 0.343. The molecule has 1 saturated carbocycles. The maximum atomic E-state index is 12.0. The average Bonchev–Trinajstić information content (AvgIpc) is 3.15. The Morgan fingerprint density at radius 1 is 1.33 bits per heavy atom. The number of hydrogen-bond acceptors (Lipinski definition) is 4. The van der Waals surface area contributed by atoms with Gasteiger partial charge in [-0.25, -0.2) is 5.43 Å². The van der Waals surface area contributed by atoms with Crippen LogP contribution in [0.4, 0.5) is 0 Å². The Balaban J connectivity index is 1.47. The molecule has 0 radical (unpaired) electrons. The SMILES string of the molecule is O=C(NCc1ccncc1)C1CC(C2CC2)NN1. The summed E-state index contributed by atoms with van der Waals surface area (Å²) in [5.41, 5.74) is 7.39. The van der Waals surface area contributed by atoms with Crippen LogP contribution in [0.1, 0.15) is 24.8 Å². The van der Waals surface area contributed by atoms with E-state index >= 15 is 0 Å². The van der Waals surface area contributed by atoms with E-state index < -0.39 is 0 Å². The summed E-state index contributed by atoms with van der Waals surface area (Å²) >= 11 is 0. The van der Waals surface area contributed by atoms with Gasteiger partial charge < -0.3 is 5.32 Å². The number of rotatable bonds is 4. The fraction of sp³-hybridized carbons (Fsp3) is 0.538. The molecule has 2 fully saturated rings. The van der Waals surface area contributed by atoms with Crippen molar-refractivity contribution < 1.29 is 4.79 Å². The molecule has 0 spiro atoms. The molecule has 18 heavy (non-hydrogen) atoms. The molecule has 0 bridgehead atoms. The predicted molar refractivity (Wildman–Crippen MR) is 67.3 cm³/mol. The second-order valence-corrected chi connectivity index (χ2v) is 5.09. The Labute approximate surface area is 106 Å². The molecule has 2 heterocycles. The highest BCUT2D eigenvalue weighted by Crippen LogP contribution is 2.35. The van der Waals surface area contributed by atoms with E-state index in [0.717, 1.165) is 17.9 Å². The summed E-state index contributed by atoms with van der Waals surface area (Å²) < 4.78 is 0. The van der Waals surface area contributed by atoms with E-state index in [1.807, 2.05) is 12.1 Å². The van der Waals surface area contributed by atoms with Crippen LogP contribution in [0.2, 0.25) is 0 Å². The fourth-order valence-corrected chi connectivity index (χ4v) is 2.37. The van der Waals surface area contributed by atoms with Crippen molar-refractivity contribution >= 4 is 5.91 Å². The van der Waals surface area contributed by atoms with Crippen molar-refractivity contribution in [2.45, 2.75) is 37.9 Å². The van der Waals surface area contributed by atoms with Crippen LogP contribution in [0.15, 0.2) is 24.5 Å². The molecule has 1 aromatic rings. The van der Waals surface area contributed by atoms with E-state index in [0.29, 0.717) is 12.6 Å². The summed E-state index contributed by atoms with van der Waals surface area (Å²) in [5, 5.41) is 2.95. The summed E-state index contributed by atoms with van der Waals surface area (Å²) in [6.07, 6.45) is 6.96. The van der Waals surface area contributed by atoms with E-state index in [9.17, 15) is 4.79 Å². The molecule has 5 nitrogen and oxygen atoms in total. The number of hydrogen-bond donors (Lipinski definition) is 3. The van der Waals surface area contributed by atoms with E-state index in [4.69, 9.17) is 0 Å². The molecule has 1 aliphatic carbocycles. The van der Waals surface area contributed by atoms with Crippen molar-refractivity contribution in [2.75, 3.05) is 0 Å². The van der Waals surface area contributed by atoms with Crippen LogP contribution in [-0.2, 0) is 11.3 Å². The molecular weight excluding hydrogens is 228 g/mol. The van der Waals surface area contributed by atoms with Crippen LogP contribution in [0, 0.1) is 5.92 Å². The van der Waals surface area contributed by atoms with Crippen LogP contribution >= 0.6 is 0 Å². The van der Waals surface area contributed by atoms with Crippen molar-refractivity contribution in [3.63, 3.8) is 0 Å². The van der Waals surface area contributed by atoms with Crippen LogP contribution in [0.5, 0.6) is 0 Å². The van der Waals surface area contributed by atoms with Gasteiger partial charge in [-0.3, -0.25) is 15.2 Å². The van der Waals surface area contributed by atoms with Gasteiger partial charge in [0, 0.05) is 25.0 Å². The lowest BCUT2D eigenvalue weighted by Gasteiger charge is -2.10. The monoisotopic (exact) mass is 246 g/mol. The number of nitrogens with one attached hydrogen (secondary N) is 3. The van der Waals surface area contributed by atoms with Gasteiger partial charge in [0.2, 0.25) is 5.91 Å². The van der Waals surface area contributed by atoms with Crippen LogP contribution in [0.25, 0.3) is 0 Å². The highest BCUT2D eigenvalue weighted by Gasteiger charge is 2.38. The minimum absolute atomic E-state index is 0.0717. The molecule has 5 heteroatoms. The van der Waals surface area contributed by atoms with E-state index in [-0.39, 0.29) is 11.9 Å². The lowest BCUT2D eigenvalue weighted by Crippen LogP contribution is -2.43. The molecule has 1 aromatic heterocycles.